The summed E-state index contributed by atoms with van der Waals surface area (Å²) in [5, 5.41) is 8.82. The number of benzene rings is 1. The van der Waals surface area contributed by atoms with Crippen LogP contribution in [0.2, 0.25) is 0 Å². The molecule has 0 bridgehead atoms. The Hall–Kier alpha value is -4.25. The third-order valence-electron chi connectivity index (χ3n) is 6.42. The first-order valence-electron chi connectivity index (χ1n) is 11.6. The van der Waals surface area contributed by atoms with Gasteiger partial charge < -0.3 is 9.80 Å². The lowest BCUT2D eigenvalue weighted by molar-refractivity contribution is 0.594. The first-order valence-corrected chi connectivity index (χ1v) is 13.1. The molecule has 0 amide bonds. The van der Waals surface area contributed by atoms with Crippen LogP contribution in [0, 0.1) is 0 Å². The first-order chi connectivity index (χ1) is 17.5. The van der Waals surface area contributed by atoms with Crippen LogP contribution in [0.1, 0.15) is 0 Å². The minimum absolute atomic E-state index is 0.0908. The van der Waals surface area contributed by atoms with Crippen LogP contribution >= 0.6 is 0 Å². The van der Waals surface area contributed by atoms with Crippen LogP contribution in [0.25, 0.3) is 16.6 Å². The Labute approximate surface area is 208 Å². The molecular formula is C25H24N8O2S. The zero-order valence-electron chi connectivity index (χ0n) is 19.6. The van der Waals surface area contributed by atoms with Crippen molar-refractivity contribution in [3.63, 3.8) is 0 Å². The first kappa shape index (κ1) is 22.2. The maximum Gasteiger partial charge on any atom is 0.225 e. The summed E-state index contributed by atoms with van der Waals surface area (Å²) < 4.78 is 29.3. The quantitative estimate of drug-likeness (QED) is 0.363. The molecule has 1 aliphatic heterocycles. The zero-order valence-corrected chi connectivity index (χ0v) is 20.5. The van der Waals surface area contributed by atoms with Crippen molar-refractivity contribution in [2.45, 2.75) is 9.79 Å². The molecule has 0 aliphatic carbocycles. The molecule has 0 radical (unpaired) electrons. The molecule has 1 aliphatic rings. The van der Waals surface area contributed by atoms with Gasteiger partial charge in [0, 0.05) is 56.7 Å². The predicted molar refractivity (Wildman–Crippen MR) is 136 cm³/mol. The highest BCUT2D eigenvalue weighted by Crippen LogP contribution is 2.27. The van der Waals surface area contributed by atoms with Crippen LogP contribution in [0.15, 0.2) is 89.4 Å². The van der Waals surface area contributed by atoms with Crippen LogP contribution in [0.5, 0.6) is 0 Å². The van der Waals surface area contributed by atoms with Gasteiger partial charge in [-0.2, -0.15) is 10.2 Å². The summed E-state index contributed by atoms with van der Waals surface area (Å²) in [7, 11) is -1.73. The SMILES string of the molecule is Cn1cc(-c2ccc3c(N4CCN(c5ncc(S(=O)(=O)c6ccccc6)cn5)CC4)cnn3c2)cn1. The maximum atomic E-state index is 12.8. The van der Waals surface area contributed by atoms with Gasteiger partial charge in [-0.3, -0.25) is 4.68 Å². The smallest absolute Gasteiger partial charge is 0.225 e. The van der Waals surface area contributed by atoms with E-state index in [-0.39, 0.29) is 9.79 Å². The molecule has 6 rings (SSSR count). The fourth-order valence-corrected chi connectivity index (χ4v) is 5.62. The Morgan fingerprint density at radius 2 is 1.44 bits per heavy atom. The number of hydrogen-bond donors (Lipinski definition) is 0. The Bertz CT molecular complexity index is 1620. The van der Waals surface area contributed by atoms with Crippen molar-refractivity contribution in [1.82, 2.24) is 29.4 Å². The summed E-state index contributed by atoms with van der Waals surface area (Å²) in [5.74, 6) is 0.530. The topological polar surface area (TPSA) is 102 Å². The molecule has 0 N–H and O–H groups in total. The summed E-state index contributed by atoms with van der Waals surface area (Å²) in [6.45, 7) is 2.99. The van der Waals surface area contributed by atoms with E-state index < -0.39 is 9.84 Å². The second-order valence-corrected chi connectivity index (χ2v) is 10.6. The molecule has 0 atom stereocenters. The minimum Gasteiger partial charge on any atom is -0.365 e. The molecule has 1 fully saturated rings. The van der Waals surface area contributed by atoms with Gasteiger partial charge in [-0.1, -0.05) is 24.3 Å². The molecule has 1 aromatic carbocycles. The molecule has 5 aromatic rings. The molecule has 1 saturated heterocycles. The van der Waals surface area contributed by atoms with Gasteiger partial charge in [0.25, 0.3) is 0 Å². The van der Waals surface area contributed by atoms with Crippen molar-refractivity contribution < 1.29 is 8.42 Å². The van der Waals surface area contributed by atoms with E-state index in [1.54, 1.807) is 35.0 Å². The van der Waals surface area contributed by atoms with E-state index in [0.717, 1.165) is 48.5 Å². The molecule has 0 saturated carbocycles. The summed E-state index contributed by atoms with van der Waals surface area (Å²) in [6.07, 6.45) is 10.5. The normalized spacial score (nSPS) is 14.5. The predicted octanol–water partition coefficient (Wildman–Crippen LogP) is 2.68. The van der Waals surface area contributed by atoms with Crippen LogP contribution in [0.4, 0.5) is 11.6 Å². The van der Waals surface area contributed by atoms with Crippen molar-refractivity contribution in [1.29, 1.82) is 0 Å². The molecule has 10 nitrogen and oxygen atoms in total. The largest absolute Gasteiger partial charge is 0.365 e. The summed E-state index contributed by atoms with van der Waals surface area (Å²) in [4.78, 5) is 13.4. The highest BCUT2D eigenvalue weighted by molar-refractivity contribution is 7.91. The van der Waals surface area contributed by atoms with Gasteiger partial charge in [0.2, 0.25) is 15.8 Å². The van der Waals surface area contributed by atoms with Gasteiger partial charge >= 0.3 is 0 Å². The number of aryl methyl sites for hydroxylation is 1. The van der Waals surface area contributed by atoms with Gasteiger partial charge in [-0.25, -0.2) is 22.9 Å². The minimum atomic E-state index is -3.63. The molecule has 11 heteroatoms. The average Bonchev–Trinajstić information content (AvgIpc) is 3.55. The van der Waals surface area contributed by atoms with Crippen molar-refractivity contribution in [2.75, 3.05) is 36.0 Å². The number of piperazine rings is 1. The van der Waals surface area contributed by atoms with Crippen LogP contribution in [-0.4, -0.2) is 64.0 Å². The number of nitrogens with zero attached hydrogens (tertiary/aromatic N) is 8. The van der Waals surface area contributed by atoms with E-state index in [1.807, 2.05) is 36.4 Å². The van der Waals surface area contributed by atoms with E-state index in [9.17, 15) is 8.42 Å². The van der Waals surface area contributed by atoms with Crippen LogP contribution < -0.4 is 9.80 Å². The van der Waals surface area contributed by atoms with Gasteiger partial charge in [0.15, 0.2) is 0 Å². The second kappa shape index (κ2) is 8.76. The molecule has 0 spiro atoms. The third kappa shape index (κ3) is 3.97. The van der Waals surface area contributed by atoms with Crippen molar-refractivity contribution in [3.8, 4) is 11.1 Å². The number of aromatic nitrogens is 6. The Morgan fingerprint density at radius 1 is 0.722 bits per heavy atom. The summed E-state index contributed by atoms with van der Waals surface area (Å²) >= 11 is 0. The van der Waals surface area contributed by atoms with Crippen LogP contribution in [-0.2, 0) is 16.9 Å². The van der Waals surface area contributed by atoms with Gasteiger partial charge in [0.05, 0.1) is 40.9 Å². The van der Waals surface area contributed by atoms with E-state index in [2.05, 4.69) is 42.1 Å². The Balaban J connectivity index is 1.15. The lowest BCUT2D eigenvalue weighted by atomic mass is 10.1. The number of hydrogen-bond acceptors (Lipinski definition) is 8. The van der Waals surface area contributed by atoms with E-state index >= 15 is 0 Å². The van der Waals surface area contributed by atoms with E-state index in [1.165, 1.54) is 12.4 Å². The second-order valence-electron chi connectivity index (χ2n) is 8.69. The summed E-state index contributed by atoms with van der Waals surface area (Å²) in [6, 6.07) is 12.5. The third-order valence-corrected chi connectivity index (χ3v) is 8.14. The number of sulfone groups is 1. The molecule has 36 heavy (non-hydrogen) atoms. The fourth-order valence-electron chi connectivity index (χ4n) is 4.45. The number of pyridine rings is 1. The number of fused-ring (bicyclic) bond motifs is 1. The lowest BCUT2D eigenvalue weighted by Crippen LogP contribution is -2.47. The number of rotatable bonds is 5. The van der Waals surface area contributed by atoms with Crippen molar-refractivity contribution in [3.05, 3.63) is 79.6 Å². The van der Waals surface area contributed by atoms with Gasteiger partial charge in [-0.15, -0.1) is 0 Å². The van der Waals surface area contributed by atoms with E-state index in [0.29, 0.717) is 5.95 Å². The van der Waals surface area contributed by atoms with Crippen molar-refractivity contribution in [2.24, 2.45) is 7.05 Å². The Kier molecular flexibility index (Phi) is 5.41. The van der Waals surface area contributed by atoms with Gasteiger partial charge in [0.1, 0.15) is 4.90 Å². The van der Waals surface area contributed by atoms with Crippen LogP contribution in [0.3, 0.4) is 0 Å². The highest BCUT2D eigenvalue weighted by Gasteiger charge is 2.23. The fraction of sp³-hybridized carbons (Fsp3) is 0.200. The highest BCUT2D eigenvalue weighted by atomic mass is 32.2. The maximum absolute atomic E-state index is 12.8. The lowest BCUT2D eigenvalue weighted by Gasteiger charge is -2.35. The molecule has 4 aromatic heterocycles. The Morgan fingerprint density at radius 3 is 2.14 bits per heavy atom. The molecule has 5 heterocycles. The average molecular weight is 501 g/mol. The summed E-state index contributed by atoms with van der Waals surface area (Å²) in [5.41, 5.74) is 4.23. The molecular weight excluding hydrogens is 476 g/mol. The standard InChI is InChI=1S/C25H24N8O2S/c1-30-17-20(13-28-30)19-7-8-23-24(16-29-33(23)18-19)31-9-11-32(12-10-31)25-26-14-22(15-27-25)36(34,35)21-5-3-2-4-6-21/h2-8,13-18H,9-12H2,1H3. The molecule has 0 unspecified atom stereocenters. The number of anilines is 2. The van der Waals surface area contributed by atoms with E-state index in [4.69, 9.17) is 0 Å². The van der Waals surface area contributed by atoms with Crippen molar-refractivity contribution >= 4 is 27.0 Å². The monoisotopic (exact) mass is 500 g/mol. The zero-order chi connectivity index (χ0) is 24.7. The molecule has 182 valence electrons. The van der Waals surface area contributed by atoms with Gasteiger partial charge in [-0.05, 0) is 18.2 Å².